The number of amides is 1. The number of carbonyl (C=O) groups is 1. The summed E-state index contributed by atoms with van der Waals surface area (Å²) < 4.78 is 46.9. The van der Waals surface area contributed by atoms with Gasteiger partial charge in [0.25, 0.3) is 0 Å². The van der Waals surface area contributed by atoms with Crippen molar-refractivity contribution in [2.24, 2.45) is 0 Å². The molecule has 3 rings (SSSR count). The van der Waals surface area contributed by atoms with Gasteiger partial charge in [0.2, 0.25) is 5.91 Å². The summed E-state index contributed by atoms with van der Waals surface area (Å²) in [5.74, 6) is -0.169. The van der Waals surface area contributed by atoms with Gasteiger partial charge in [-0.15, -0.1) is 13.2 Å². The molecule has 8 heteroatoms. The molecule has 1 amide bonds. The molecule has 0 aliphatic carbocycles. The minimum Gasteiger partial charge on any atom is -0.493 e. The zero-order valence-corrected chi connectivity index (χ0v) is 15.3. The molecule has 0 bridgehead atoms. The molecule has 0 fully saturated rings. The van der Waals surface area contributed by atoms with Crippen molar-refractivity contribution in [2.45, 2.75) is 25.7 Å². The zero-order chi connectivity index (χ0) is 21.0. The fraction of sp³-hybridized carbons (Fsp3) is 0.238. The maximum atomic E-state index is 12.4. The van der Waals surface area contributed by atoms with Gasteiger partial charge in [0, 0.05) is 17.7 Å². The van der Waals surface area contributed by atoms with E-state index in [1.54, 1.807) is 6.07 Å². The molecule has 0 saturated heterocycles. The lowest BCUT2D eigenvalue weighted by molar-refractivity contribution is -0.274. The summed E-state index contributed by atoms with van der Waals surface area (Å²) in [6.07, 6.45) is -2.27. The Morgan fingerprint density at radius 1 is 1.34 bits per heavy atom. The number of halogens is 3. The van der Waals surface area contributed by atoms with Gasteiger partial charge in [-0.05, 0) is 48.2 Å². The number of ether oxygens (including phenoxy) is 2. The number of hydrogen-bond donors (Lipinski definition) is 1. The first-order chi connectivity index (χ1) is 13.8. The first-order valence-electron chi connectivity index (χ1n) is 8.80. The molecule has 1 heterocycles. The Bertz CT molecular complexity index is 977. The molecule has 5 nitrogen and oxygen atoms in total. The summed E-state index contributed by atoms with van der Waals surface area (Å²) in [7, 11) is 0. The van der Waals surface area contributed by atoms with Gasteiger partial charge in [-0.3, -0.25) is 4.79 Å². The van der Waals surface area contributed by atoms with Gasteiger partial charge in [-0.1, -0.05) is 18.7 Å². The molecule has 1 aliphatic heterocycles. The Hall–Kier alpha value is -3.47. The standard InChI is InChI=1S/C21H17F3N2O3/c1-2-19(27)26-12-14-10-17(20-16(18(14)11-25)4-3-9-28-20)13-5-7-15(8-6-13)29-21(22,23)24/h2,5-8,10H,1,3-4,9,12H2,(H,26,27). The van der Waals surface area contributed by atoms with Crippen LogP contribution in [0.25, 0.3) is 11.1 Å². The molecule has 0 unspecified atom stereocenters. The van der Waals surface area contributed by atoms with Crippen LogP contribution in [0.2, 0.25) is 0 Å². The van der Waals surface area contributed by atoms with Crippen LogP contribution in [0, 0.1) is 11.3 Å². The lowest BCUT2D eigenvalue weighted by Crippen LogP contribution is -2.22. The number of rotatable bonds is 5. The minimum atomic E-state index is -4.77. The number of benzene rings is 2. The van der Waals surface area contributed by atoms with E-state index in [1.807, 2.05) is 0 Å². The molecule has 2 aromatic carbocycles. The molecule has 2 aromatic rings. The van der Waals surface area contributed by atoms with Gasteiger partial charge in [-0.25, -0.2) is 0 Å². The smallest absolute Gasteiger partial charge is 0.493 e. The van der Waals surface area contributed by atoms with Crippen molar-refractivity contribution >= 4 is 5.91 Å². The van der Waals surface area contributed by atoms with Crippen molar-refractivity contribution in [1.82, 2.24) is 5.32 Å². The number of hydrogen-bond acceptors (Lipinski definition) is 4. The number of nitriles is 1. The molecular weight excluding hydrogens is 385 g/mol. The molecular formula is C21H17F3N2O3. The number of alkyl halides is 3. The quantitative estimate of drug-likeness (QED) is 0.759. The highest BCUT2D eigenvalue weighted by molar-refractivity contribution is 5.87. The van der Waals surface area contributed by atoms with Crippen molar-refractivity contribution in [2.75, 3.05) is 6.61 Å². The zero-order valence-electron chi connectivity index (χ0n) is 15.3. The second kappa shape index (κ2) is 8.27. The van der Waals surface area contributed by atoms with E-state index in [2.05, 4.69) is 22.7 Å². The van der Waals surface area contributed by atoms with E-state index < -0.39 is 6.36 Å². The first-order valence-corrected chi connectivity index (χ1v) is 8.80. The summed E-state index contributed by atoms with van der Waals surface area (Å²) in [4.78, 5) is 11.5. The predicted octanol–water partition coefficient (Wildman–Crippen LogP) is 4.25. The molecule has 1 aliphatic rings. The average molecular weight is 402 g/mol. The van der Waals surface area contributed by atoms with Crippen LogP contribution in [0.4, 0.5) is 13.2 Å². The molecule has 0 radical (unpaired) electrons. The molecule has 0 spiro atoms. The lowest BCUT2D eigenvalue weighted by Gasteiger charge is -2.24. The van der Waals surface area contributed by atoms with Gasteiger partial charge < -0.3 is 14.8 Å². The Morgan fingerprint density at radius 2 is 2.07 bits per heavy atom. The minimum absolute atomic E-state index is 0.114. The van der Waals surface area contributed by atoms with Crippen LogP contribution >= 0.6 is 0 Å². The second-order valence-corrected chi connectivity index (χ2v) is 6.32. The fourth-order valence-electron chi connectivity index (χ4n) is 3.19. The van der Waals surface area contributed by atoms with Crippen LogP contribution < -0.4 is 14.8 Å². The third kappa shape index (κ3) is 4.69. The normalized spacial score (nSPS) is 12.9. The third-order valence-corrected chi connectivity index (χ3v) is 4.43. The van der Waals surface area contributed by atoms with E-state index in [0.29, 0.717) is 41.0 Å². The largest absolute Gasteiger partial charge is 0.573 e. The van der Waals surface area contributed by atoms with Gasteiger partial charge in [-0.2, -0.15) is 5.26 Å². The second-order valence-electron chi connectivity index (χ2n) is 6.32. The Morgan fingerprint density at radius 3 is 2.69 bits per heavy atom. The summed E-state index contributed by atoms with van der Waals surface area (Å²) in [6, 6.07) is 9.31. The van der Waals surface area contributed by atoms with Crippen molar-refractivity contribution in [1.29, 1.82) is 5.26 Å². The van der Waals surface area contributed by atoms with E-state index >= 15 is 0 Å². The fourth-order valence-corrected chi connectivity index (χ4v) is 3.19. The number of nitrogens with zero attached hydrogens (tertiary/aromatic N) is 1. The highest BCUT2D eigenvalue weighted by atomic mass is 19.4. The van der Waals surface area contributed by atoms with Crippen LogP contribution in [0.1, 0.15) is 23.1 Å². The predicted molar refractivity (Wildman–Crippen MR) is 99.1 cm³/mol. The Kier molecular flexibility index (Phi) is 5.78. The lowest BCUT2D eigenvalue weighted by atomic mass is 9.90. The number of fused-ring (bicyclic) bond motifs is 1. The van der Waals surface area contributed by atoms with E-state index in [4.69, 9.17) is 4.74 Å². The number of nitrogens with one attached hydrogen (secondary N) is 1. The third-order valence-electron chi connectivity index (χ3n) is 4.43. The van der Waals surface area contributed by atoms with Crippen LogP contribution in [0.15, 0.2) is 43.0 Å². The maximum absolute atomic E-state index is 12.4. The summed E-state index contributed by atoms with van der Waals surface area (Å²) in [5, 5.41) is 12.3. The van der Waals surface area contributed by atoms with Crippen molar-refractivity contribution < 1.29 is 27.4 Å². The Balaban J connectivity index is 2.04. The molecule has 0 saturated carbocycles. The van der Waals surface area contributed by atoms with Crippen LogP contribution in [-0.2, 0) is 17.8 Å². The van der Waals surface area contributed by atoms with Crippen LogP contribution in [0.3, 0.4) is 0 Å². The van der Waals surface area contributed by atoms with Crippen molar-refractivity contribution in [3.8, 4) is 28.7 Å². The molecule has 1 N–H and O–H groups in total. The van der Waals surface area contributed by atoms with Crippen molar-refractivity contribution in [3.05, 3.63) is 59.7 Å². The highest BCUT2D eigenvalue weighted by Crippen LogP contribution is 2.40. The average Bonchev–Trinajstić information content (AvgIpc) is 2.70. The Labute approximate surface area is 165 Å². The van der Waals surface area contributed by atoms with Crippen LogP contribution in [0.5, 0.6) is 11.5 Å². The topological polar surface area (TPSA) is 71.3 Å². The van der Waals surface area contributed by atoms with Gasteiger partial charge >= 0.3 is 6.36 Å². The SMILES string of the molecule is C=CC(=O)NCc1cc(-c2ccc(OC(F)(F)F)cc2)c2c(c1C#N)CCCO2. The number of carbonyl (C=O) groups excluding carboxylic acids is 1. The first kappa shape index (κ1) is 20.3. The molecule has 0 aromatic heterocycles. The van der Waals surface area contributed by atoms with Gasteiger partial charge in [0.05, 0.1) is 18.2 Å². The monoisotopic (exact) mass is 402 g/mol. The molecule has 150 valence electrons. The van der Waals surface area contributed by atoms with Gasteiger partial charge in [0.1, 0.15) is 11.5 Å². The summed E-state index contributed by atoms with van der Waals surface area (Å²) in [6.45, 7) is 3.99. The van der Waals surface area contributed by atoms with Crippen LogP contribution in [-0.4, -0.2) is 18.9 Å². The van der Waals surface area contributed by atoms with E-state index in [-0.39, 0.29) is 18.2 Å². The van der Waals surface area contributed by atoms with E-state index in [9.17, 15) is 23.2 Å². The summed E-state index contributed by atoms with van der Waals surface area (Å²) in [5.41, 5.74) is 3.01. The van der Waals surface area contributed by atoms with Gasteiger partial charge in [0.15, 0.2) is 0 Å². The van der Waals surface area contributed by atoms with E-state index in [1.165, 1.54) is 24.3 Å². The molecule has 0 atom stereocenters. The molecule has 29 heavy (non-hydrogen) atoms. The van der Waals surface area contributed by atoms with Crippen molar-refractivity contribution in [3.63, 3.8) is 0 Å². The van der Waals surface area contributed by atoms with E-state index in [0.717, 1.165) is 18.1 Å². The highest BCUT2D eigenvalue weighted by Gasteiger charge is 2.31. The maximum Gasteiger partial charge on any atom is 0.573 e. The summed E-state index contributed by atoms with van der Waals surface area (Å²) >= 11 is 0.